The van der Waals surface area contributed by atoms with E-state index in [2.05, 4.69) is 5.32 Å². The molecule has 1 aromatic carbocycles. The molecule has 1 saturated carbocycles. The molecule has 0 saturated heterocycles. The lowest BCUT2D eigenvalue weighted by Gasteiger charge is -2.37. The fourth-order valence-corrected chi connectivity index (χ4v) is 1.87. The zero-order valence-corrected chi connectivity index (χ0v) is 9.86. The summed E-state index contributed by atoms with van der Waals surface area (Å²) >= 11 is 0. The molecule has 1 aromatic rings. The van der Waals surface area contributed by atoms with E-state index in [1.54, 1.807) is 12.2 Å². The van der Waals surface area contributed by atoms with Crippen molar-refractivity contribution >= 4 is 12.0 Å². The normalized spacial score (nSPS) is 17.7. The van der Waals surface area contributed by atoms with Crippen molar-refractivity contribution in [3.8, 4) is 0 Å². The highest BCUT2D eigenvalue weighted by molar-refractivity contribution is 5.91. The third-order valence-corrected chi connectivity index (χ3v) is 3.19. The van der Waals surface area contributed by atoms with Crippen LogP contribution in [-0.2, 0) is 4.79 Å². The van der Waals surface area contributed by atoms with Gasteiger partial charge in [0.1, 0.15) is 0 Å². The maximum Gasteiger partial charge on any atom is 0.244 e. The Kier molecular flexibility index (Phi) is 3.59. The van der Waals surface area contributed by atoms with Gasteiger partial charge in [-0.2, -0.15) is 0 Å². The summed E-state index contributed by atoms with van der Waals surface area (Å²) in [5.41, 5.74) is 6.89. The average Bonchev–Trinajstić information content (AvgIpc) is 2.33. The Morgan fingerprint density at radius 2 is 2.06 bits per heavy atom. The molecule has 0 spiro atoms. The lowest BCUT2D eigenvalue weighted by Crippen LogP contribution is -2.54. The minimum atomic E-state index is -0.157. The first-order chi connectivity index (χ1) is 8.18. The number of carbonyl (C=O) groups is 1. The van der Waals surface area contributed by atoms with Gasteiger partial charge in [-0.3, -0.25) is 4.79 Å². The number of carbonyl (C=O) groups excluding carboxylic acids is 1. The fraction of sp³-hybridized carbons (Fsp3) is 0.357. The van der Waals surface area contributed by atoms with Gasteiger partial charge in [-0.05, 0) is 30.9 Å². The Morgan fingerprint density at radius 1 is 1.35 bits per heavy atom. The third kappa shape index (κ3) is 3.43. The van der Waals surface area contributed by atoms with E-state index in [9.17, 15) is 4.79 Å². The Labute approximate surface area is 102 Å². The van der Waals surface area contributed by atoms with E-state index in [4.69, 9.17) is 5.73 Å². The zero-order chi connectivity index (χ0) is 12.1. The summed E-state index contributed by atoms with van der Waals surface area (Å²) in [7, 11) is 0. The van der Waals surface area contributed by atoms with Crippen LogP contribution in [0.25, 0.3) is 6.08 Å². The molecular formula is C14H18N2O. The molecule has 0 aliphatic heterocycles. The van der Waals surface area contributed by atoms with E-state index < -0.39 is 0 Å². The lowest BCUT2D eigenvalue weighted by molar-refractivity contribution is -0.116. The van der Waals surface area contributed by atoms with Crippen LogP contribution in [0.1, 0.15) is 24.8 Å². The van der Waals surface area contributed by atoms with Crippen molar-refractivity contribution in [1.29, 1.82) is 0 Å². The topological polar surface area (TPSA) is 55.1 Å². The molecule has 17 heavy (non-hydrogen) atoms. The van der Waals surface area contributed by atoms with Crippen molar-refractivity contribution in [3.63, 3.8) is 0 Å². The number of hydrogen-bond donors (Lipinski definition) is 2. The maximum absolute atomic E-state index is 11.5. The quantitative estimate of drug-likeness (QED) is 0.773. The fourth-order valence-electron chi connectivity index (χ4n) is 1.87. The van der Waals surface area contributed by atoms with Gasteiger partial charge in [0.25, 0.3) is 0 Å². The molecule has 90 valence electrons. The van der Waals surface area contributed by atoms with Crippen LogP contribution in [0.5, 0.6) is 0 Å². The Bertz CT molecular complexity index is 407. The van der Waals surface area contributed by atoms with E-state index in [0.29, 0.717) is 6.54 Å². The SMILES string of the molecule is NC1(CNC(=O)/C=C/c2ccccc2)CCC1. The Morgan fingerprint density at radius 3 is 2.65 bits per heavy atom. The molecule has 0 radical (unpaired) electrons. The molecule has 0 atom stereocenters. The van der Waals surface area contributed by atoms with Crippen LogP contribution in [0.2, 0.25) is 0 Å². The van der Waals surface area contributed by atoms with E-state index in [-0.39, 0.29) is 11.4 Å². The van der Waals surface area contributed by atoms with Crippen LogP contribution in [0.3, 0.4) is 0 Å². The Hall–Kier alpha value is -1.61. The molecule has 1 aliphatic carbocycles. The second kappa shape index (κ2) is 5.15. The van der Waals surface area contributed by atoms with Crippen molar-refractivity contribution in [1.82, 2.24) is 5.32 Å². The number of nitrogens with two attached hydrogens (primary N) is 1. The second-order valence-corrected chi connectivity index (χ2v) is 4.68. The number of amides is 1. The van der Waals surface area contributed by atoms with Crippen molar-refractivity contribution in [2.75, 3.05) is 6.54 Å². The highest BCUT2D eigenvalue weighted by Gasteiger charge is 2.32. The molecule has 1 aliphatic rings. The zero-order valence-electron chi connectivity index (χ0n) is 9.86. The first-order valence-corrected chi connectivity index (χ1v) is 5.98. The summed E-state index contributed by atoms with van der Waals surface area (Å²) in [5.74, 6) is -0.0782. The van der Waals surface area contributed by atoms with Gasteiger partial charge in [-0.1, -0.05) is 30.3 Å². The maximum atomic E-state index is 11.5. The molecule has 2 rings (SSSR count). The third-order valence-electron chi connectivity index (χ3n) is 3.19. The highest BCUT2D eigenvalue weighted by atomic mass is 16.1. The molecule has 0 unspecified atom stereocenters. The van der Waals surface area contributed by atoms with Gasteiger partial charge >= 0.3 is 0 Å². The van der Waals surface area contributed by atoms with Crippen LogP contribution in [0.4, 0.5) is 0 Å². The van der Waals surface area contributed by atoms with Crippen LogP contribution < -0.4 is 11.1 Å². The number of benzene rings is 1. The van der Waals surface area contributed by atoms with Gasteiger partial charge < -0.3 is 11.1 Å². The second-order valence-electron chi connectivity index (χ2n) is 4.68. The minimum Gasteiger partial charge on any atom is -0.351 e. The van der Waals surface area contributed by atoms with Gasteiger partial charge in [-0.25, -0.2) is 0 Å². The largest absolute Gasteiger partial charge is 0.351 e. The van der Waals surface area contributed by atoms with E-state index >= 15 is 0 Å². The molecule has 0 heterocycles. The first-order valence-electron chi connectivity index (χ1n) is 5.98. The molecule has 0 bridgehead atoms. The predicted octanol–water partition coefficient (Wildman–Crippen LogP) is 1.70. The number of nitrogens with one attached hydrogen (secondary N) is 1. The van der Waals surface area contributed by atoms with Crippen LogP contribution in [0, 0.1) is 0 Å². The number of rotatable bonds is 4. The number of hydrogen-bond acceptors (Lipinski definition) is 2. The smallest absolute Gasteiger partial charge is 0.244 e. The standard InChI is InChI=1S/C14H18N2O/c15-14(9-4-10-14)11-16-13(17)8-7-12-5-2-1-3-6-12/h1-3,5-8H,4,9-11,15H2,(H,16,17)/b8-7+. The van der Waals surface area contributed by atoms with Crippen molar-refractivity contribution in [2.24, 2.45) is 5.73 Å². The minimum absolute atomic E-state index is 0.0782. The van der Waals surface area contributed by atoms with Gasteiger partial charge in [0.15, 0.2) is 0 Å². The predicted molar refractivity (Wildman–Crippen MR) is 69.3 cm³/mol. The van der Waals surface area contributed by atoms with E-state index in [0.717, 1.165) is 18.4 Å². The summed E-state index contributed by atoms with van der Waals surface area (Å²) < 4.78 is 0. The van der Waals surface area contributed by atoms with Crippen molar-refractivity contribution in [3.05, 3.63) is 42.0 Å². The summed E-state index contributed by atoms with van der Waals surface area (Å²) in [6.07, 6.45) is 6.55. The van der Waals surface area contributed by atoms with E-state index in [1.807, 2.05) is 30.3 Å². The highest BCUT2D eigenvalue weighted by Crippen LogP contribution is 2.27. The van der Waals surface area contributed by atoms with Crippen molar-refractivity contribution in [2.45, 2.75) is 24.8 Å². The molecule has 0 aromatic heterocycles. The monoisotopic (exact) mass is 230 g/mol. The molecule has 3 heteroatoms. The Balaban J connectivity index is 1.79. The molecule has 1 fully saturated rings. The molecular weight excluding hydrogens is 212 g/mol. The van der Waals surface area contributed by atoms with Crippen LogP contribution >= 0.6 is 0 Å². The van der Waals surface area contributed by atoms with E-state index in [1.165, 1.54) is 6.42 Å². The molecule has 3 N–H and O–H groups in total. The summed E-state index contributed by atoms with van der Waals surface area (Å²) in [6, 6.07) is 9.76. The lowest BCUT2D eigenvalue weighted by atomic mass is 9.78. The summed E-state index contributed by atoms with van der Waals surface area (Å²) in [6.45, 7) is 0.574. The van der Waals surface area contributed by atoms with Gasteiger partial charge in [0, 0.05) is 18.2 Å². The first kappa shape index (κ1) is 11.9. The van der Waals surface area contributed by atoms with Crippen molar-refractivity contribution < 1.29 is 4.79 Å². The summed E-state index contributed by atoms with van der Waals surface area (Å²) in [4.78, 5) is 11.5. The summed E-state index contributed by atoms with van der Waals surface area (Å²) in [5, 5.41) is 2.84. The molecule has 1 amide bonds. The average molecular weight is 230 g/mol. The molecule has 3 nitrogen and oxygen atoms in total. The van der Waals surface area contributed by atoms with Gasteiger partial charge in [0.2, 0.25) is 5.91 Å². The van der Waals surface area contributed by atoms with Crippen LogP contribution in [0.15, 0.2) is 36.4 Å². The van der Waals surface area contributed by atoms with Crippen LogP contribution in [-0.4, -0.2) is 18.0 Å². The van der Waals surface area contributed by atoms with Gasteiger partial charge in [0.05, 0.1) is 0 Å². The van der Waals surface area contributed by atoms with Gasteiger partial charge in [-0.15, -0.1) is 0 Å².